The highest BCUT2D eigenvalue weighted by molar-refractivity contribution is 9.10. The van der Waals surface area contributed by atoms with E-state index in [-0.39, 0.29) is 10.6 Å². The second kappa shape index (κ2) is 5.80. The molecule has 7 heteroatoms. The molecule has 20 heavy (non-hydrogen) atoms. The molecule has 0 amide bonds. The van der Waals surface area contributed by atoms with Crippen molar-refractivity contribution < 1.29 is 17.5 Å². The molecule has 2 rings (SSSR count). The Morgan fingerprint density at radius 3 is 2.50 bits per heavy atom. The maximum atomic E-state index is 13.5. The van der Waals surface area contributed by atoms with E-state index in [2.05, 4.69) is 20.7 Å². The lowest BCUT2D eigenvalue weighted by Gasteiger charge is -2.10. The fourth-order valence-corrected chi connectivity index (χ4v) is 3.35. The molecule has 0 heterocycles. The van der Waals surface area contributed by atoms with Gasteiger partial charge in [0.25, 0.3) is 10.0 Å². The SMILES string of the molecule is COc1ccc(S(=O)(=O)Nc2ccccc2F)cc1Br. The molecule has 0 bridgehead atoms. The standard InChI is InChI=1S/C13H11BrFNO3S/c1-19-13-7-6-9(8-10(13)14)20(17,18)16-12-5-3-2-4-11(12)15/h2-8,16H,1H3. The number of methoxy groups -OCH3 is 1. The third-order valence-corrected chi connectivity index (χ3v) is 4.53. The Kier molecular flexibility index (Phi) is 4.29. The minimum absolute atomic E-state index is 0.00780. The second-order valence-corrected chi connectivity index (χ2v) is 6.42. The Labute approximate surface area is 124 Å². The molecule has 0 aliphatic carbocycles. The van der Waals surface area contributed by atoms with Gasteiger partial charge in [0.2, 0.25) is 0 Å². The van der Waals surface area contributed by atoms with Crippen LogP contribution < -0.4 is 9.46 Å². The van der Waals surface area contributed by atoms with Crippen LogP contribution in [0.15, 0.2) is 51.8 Å². The number of anilines is 1. The average molecular weight is 360 g/mol. The van der Waals surface area contributed by atoms with Crippen LogP contribution >= 0.6 is 15.9 Å². The molecule has 0 saturated heterocycles. The summed E-state index contributed by atoms with van der Waals surface area (Å²) >= 11 is 3.21. The molecule has 0 aliphatic heterocycles. The Bertz CT molecular complexity index is 734. The first-order chi connectivity index (χ1) is 9.44. The first kappa shape index (κ1) is 14.8. The molecule has 0 atom stereocenters. The van der Waals surface area contributed by atoms with E-state index in [1.165, 1.54) is 43.5 Å². The van der Waals surface area contributed by atoms with Crippen LogP contribution in [0.5, 0.6) is 5.75 Å². The molecule has 0 unspecified atom stereocenters. The van der Waals surface area contributed by atoms with Crippen molar-refractivity contribution >= 4 is 31.6 Å². The minimum atomic E-state index is -3.86. The normalized spacial score (nSPS) is 11.2. The van der Waals surface area contributed by atoms with Crippen molar-refractivity contribution in [1.82, 2.24) is 0 Å². The predicted molar refractivity (Wildman–Crippen MR) is 77.9 cm³/mol. The van der Waals surface area contributed by atoms with Gasteiger partial charge in [0, 0.05) is 0 Å². The fraction of sp³-hybridized carbons (Fsp3) is 0.0769. The van der Waals surface area contributed by atoms with Gasteiger partial charge in [-0.05, 0) is 46.3 Å². The van der Waals surface area contributed by atoms with E-state index in [9.17, 15) is 12.8 Å². The number of hydrogen-bond acceptors (Lipinski definition) is 3. The number of para-hydroxylation sites is 1. The van der Waals surface area contributed by atoms with Crippen LogP contribution in [0.2, 0.25) is 0 Å². The van der Waals surface area contributed by atoms with E-state index >= 15 is 0 Å². The first-order valence-corrected chi connectivity index (χ1v) is 7.82. The van der Waals surface area contributed by atoms with Crippen LogP contribution in [0, 0.1) is 5.82 Å². The van der Waals surface area contributed by atoms with Gasteiger partial charge in [-0.3, -0.25) is 4.72 Å². The maximum Gasteiger partial charge on any atom is 0.262 e. The Morgan fingerprint density at radius 1 is 1.20 bits per heavy atom. The zero-order chi connectivity index (χ0) is 14.8. The summed E-state index contributed by atoms with van der Waals surface area (Å²) in [6.45, 7) is 0. The lowest BCUT2D eigenvalue weighted by Crippen LogP contribution is -2.14. The number of halogens is 2. The molecule has 2 aromatic carbocycles. The van der Waals surface area contributed by atoms with Crippen LogP contribution in [0.3, 0.4) is 0 Å². The van der Waals surface area contributed by atoms with E-state index in [0.717, 1.165) is 0 Å². The summed E-state index contributed by atoms with van der Waals surface area (Å²) in [5, 5.41) is 0. The van der Waals surface area contributed by atoms with Crippen molar-refractivity contribution in [2.45, 2.75) is 4.90 Å². The molecule has 2 aromatic rings. The summed E-state index contributed by atoms with van der Waals surface area (Å²) in [6, 6.07) is 9.85. The van der Waals surface area contributed by atoms with Gasteiger partial charge in [-0.1, -0.05) is 12.1 Å². The predicted octanol–water partition coefficient (Wildman–Crippen LogP) is 3.40. The van der Waals surface area contributed by atoms with Crippen molar-refractivity contribution in [3.05, 3.63) is 52.8 Å². The fourth-order valence-electron chi connectivity index (χ4n) is 1.56. The van der Waals surface area contributed by atoms with Gasteiger partial charge in [-0.25, -0.2) is 12.8 Å². The Morgan fingerprint density at radius 2 is 1.90 bits per heavy atom. The minimum Gasteiger partial charge on any atom is -0.496 e. The highest BCUT2D eigenvalue weighted by Gasteiger charge is 2.17. The summed E-state index contributed by atoms with van der Waals surface area (Å²) in [5.41, 5.74) is -0.0977. The zero-order valence-electron chi connectivity index (χ0n) is 10.4. The summed E-state index contributed by atoms with van der Waals surface area (Å²) in [7, 11) is -2.38. The van der Waals surface area contributed by atoms with Crippen LogP contribution in [0.4, 0.5) is 10.1 Å². The smallest absolute Gasteiger partial charge is 0.262 e. The Hall–Kier alpha value is -1.60. The average Bonchev–Trinajstić information content (AvgIpc) is 2.41. The third-order valence-electron chi connectivity index (χ3n) is 2.55. The molecule has 0 radical (unpaired) electrons. The van der Waals surface area contributed by atoms with Crippen molar-refractivity contribution in [2.75, 3.05) is 11.8 Å². The van der Waals surface area contributed by atoms with E-state index in [1.807, 2.05) is 0 Å². The topological polar surface area (TPSA) is 55.4 Å². The van der Waals surface area contributed by atoms with Crippen molar-refractivity contribution in [3.63, 3.8) is 0 Å². The number of nitrogens with one attached hydrogen (secondary N) is 1. The largest absolute Gasteiger partial charge is 0.496 e. The molecule has 0 saturated carbocycles. The van der Waals surface area contributed by atoms with Crippen LogP contribution in [-0.4, -0.2) is 15.5 Å². The van der Waals surface area contributed by atoms with Crippen molar-refractivity contribution in [1.29, 1.82) is 0 Å². The number of sulfonamides is 1. The van der Waals surface area contributed by atoms with Gasteiger partial charge in [-0.15, -0.1) is 0 Å². The van der Waals surface area contributed by atoms with Crippen LogP contribution in [-0.2, 0) is 10.0 Å². The van der Waals surface area contributed by atoms with Crippen molar-refractivity contribution in [2.24, 2.45) is 0 Å². The Balaban J connectivity index is 2.36. The van der Waals surface area contributed by atoms with Gasteiger partial charge in [0.15, 0.2) is 0 Å². The van der Waals surface area contributed by atoms with Crippen LogP contribution in [0.25, 0.3) is 0 Å². The lowest BCUT2D eigenvalue weighted by atomic mass is 10.3. The first-order valence-electron chi connectivity index (χ1n) is 5.55. The highest BCUT2D eigenvalue weighted by Crippen LogP contribution is 2.28. The second-order valence-electron chi connectivity index (χ2n) is 3.88. The van der Waals surface area contributed by atoms with Gasteiger partial charge in [-0.2, -0.15) is 0 Å². The number of ether oxygens (including phenoxy) is 1. The molecular weight excluding hydrogens is 349 g/mol. The summed E-state index contributed by atoms with van der Waals surface area (Å²) in [5.74, 6) is -0.126. The molecule has 1 N–H and O–H groups in total. The van der Waals surface area contributed by atoms with Gasteiger partial charge >= 0.3 is 0 Å². The number of hydrogen-bond donors (Lipinski definition) is 1. The molecule has 4 nitrogen and oxygen atoms in total. The molecule has 0 fully saturated rings. The molecular formula is C13H11BrFNO3S. The van der Waals surface area contributed by atoms with E-state index in [1.54, 1.807) is 6.07 Å². The van der Waals surface area contributed by atoms with Crippen molar-refractivity contribution in [3.8, 4) is 5.75 Å². The van der Waals surface area contributed by atoms with E-state index < -0.39 is 15.8 Å². The van der Waals surface area contributed by atoms with Crippen LogP contribution in [0.1, 0.15) is 0 Å². The number of benzene rings is 2. The summed E-state index contributed by atoms with van der Waals surface area (Å²) in [6.07, 6.45) is 0. The third kappa shape index (κ3) is 3.10. The molecule has 106 valence electrons. The lowest BCUT2D eigenvalue weighted by molar-refractivity contribution is 0.411. The monoisotopic (exact) mass is 359 g/mol. The van der Waals surface area contributed by atoms with Gasteiger partial charge < -0.3 is 4.74 Å². The highest BCUT2D eigenvalue weighted by atomic mass is 79.9. The molecule has 0 spiro atoms. The molecule has 0 aliphatic rings. The quantitative estimate of drug-likeness (QED) is 0.909. The zero-order valence-corrected chi connectivity index (χ0v) is 12.8. The van der Waals surface area contributed by atoms with Gasteiger partial charge in [0.05, 0.1) is 22.2 Å². The maximum absolute atomic E-state index is 13.5. The summed E-state index contributed by atoms with van der Waals surface area (Å²) < 4.78 is 45.5. The van der Waals surface area contributed by atoms with E-state index in [4.69, 9.17) is 4.74 Å². The summed E-state index contributed by atoms with van der Waals surface area (Å²) in [4.78, 5) is 0.00780. The molecule has 0 aromatic heterocycles. The van der Waals surface area contributed by atoms with Gasteiger partial charge in [0.1, 0.15) is 11.6 Å². The van der Waals surface area contributed by atoms with E-state index in [0.29, 0.717) is 10.2 Å². The number of rotatable bonds is 4.